The van der Waals surface area contributed by atoms with Gasteiger partial charge in [-0.1, -0.05) is 66.7 Å². The van der Waals surface area contributed by atoms with Crippen LogP contribution in [-0.2, 0) is 29.2 Å². The van der Waals surface area contributed by atoms with Crippen LogP contribution in [0.15, 0.2) is 95.9 Å². The zero-order chi connectivity index (χ0) is 31.9. The van der Waals surface area contributed by atoms with E-state index < -0.39 is 39.8 Å². The van der Waals surface area contributed by atoms with Crippen molar-refractivity contribution in [3.63, 3.8) is 0 Å². The molecule has 0 fully saturated rings. The molecule has 0 saturated heterocycles. The number of alkyl halides is 3. The molecule has 4 aromatic carbocycles. The Balaban J connectivity index is 1.58. The molecular weight excluding hydrogens is 601 g/mol. The van der Waals surface area contributed by atoms with Gasteiger partial charge in [0.05, 0.1) is 23.7 Å². The van der Waals surface area contributed by atoms with Crippen LogP contribution in [0.2, 0.25) is 0 Å². The van der Waals surface area contributed by atoms with Crippen molar-refractivity contribution in [1.29, 1.82) is 0 Å². The Morgan fingerprint density at radius 1 is 0.864 bits per heavy atom. The molecule has 0 aliphatic carbocycles. The molecule has 1 N–H and O–H groups in total. The molecule has 0 aliphatic rings. The van der Waals surface area contributed by atoms with E-state index in [1.165, 1.54) is 6.07 Å². The Hall–Kier alpha value is -3.80. The fourth-order valence-electron chi connectivity index (χ4n) is 5.05. The van der Waals surface area contributed by atoms with Crippen molar-refractivity contribution in [3.8, 4) is 5.75 Å². The minimum atomic E-state index is -4.85. The van der Waals surface area contributed by atoms with E-state index in [9.17, 15) is 35.5 Å². The number of aliphatic hydroxyl groups excluding tert-OH is 1. The molecule has 0 aliphatic heterocycles. The summed E-state index contributed by atoms with van der Waals surface area (Å²) in [6, 6.07) is 24.4. The third kappa shape index (κ3) is 8.64. The van der Waals surface area contributed by atoms with E-state index in [-0.39, 0.29) is 40.8 Å². The van der Waals surface area contributed by atoms with Crippen LogP contribution in [0.5, 0.6) is 5.75 Å². The Kier molecular flexibility index (Phi) is 10.8. The van der Waals surface area contributed by atoms with Crippen molar-refractivity contribution in [3.05, 3.63) is 130 Å². The van der Waals surface area contributed by atoms with E-state index >= 15 is 0 Å². The molecule has 0 atom stereocenters. The van der Waals surface area contributed by atoms with Crippen molar-refractivity contribution in [1.82, 2.24) is 4.90 Å². The van der Waals surface area contributed by atoms with Gasteiger partial charge in [-0.2, -0.15) is 13.2 Å². The lowest BCUT2D eigenvalue weighted by Crippen LogP contribution is -2.31. The number of halogens is 5. The normalized spacial score (nSPS) is 12.2. The largest absolute Gasteiger partial charge is 0.493 e. The second kappa shape index (κ2) is 14.3. The van der Waals surface area contributed by atoms with Crippen LogP contribution in [0.4, 0.5) is 22.0 Å². The lowest BCUT2D eigenvalue weighted by molar-refractivity contribution is -0.140. The molecule has 0 aromatic heterocycles. The maximum atomic E-state index is 14.5. The van der Waals surface area contributed by atoms with Gasteiger partial charge in [0.15, 0.2) is 9.84 Å². The predicted octanol–water partition coefficient (Wildman–Crippen LogP) is 6.98. The van der Waals surface area contributed by atoms with E-state index in [0.717, 1.165) is 41.6 Å². The van der Waals surface area contributed by atoms with Gasteiger partial charge in [0, 0.05) is 43.4 Å². The molecule has 0 amide bonds. The monoisotopic (exact) mass is 633 g/mol. The number of benzene rings is 4. The minimum Gasteiger partial charge on any atom is -0.493 e. The van der Waals surface area contributed by atoms with E-state index in [4.69, 9.17) is 4.74 Å². The van der Waals surface area contributed by atoms with Crippen LogP contribution in [-0.4, -0.2) is 44.4 Å². The average Bonchev–Trinajstić information content (AvgIpc) is 2.98. The molecule has 5 nitrogen and oxygen atoms in total. The number of hydrogen-bond acceptors (Lipinski definition) is 5. The van der Waals surface area contributed by atoms with Crippen molar-refractivity contribution >= 4 is 9.84 Å². The van der Waals surface area contributed by atoms with Crippen molar-refractivity contribution in [2.75, 3.05) is 26.0 Å². The fraction of sp³-hybridized carbons (Fsp3) is 0.273. The van der Waals surface area contributed by atoms with E-state index in [2.05, 4.69) is 0 Å². The van der Waals surface area contributed by atoms with Crippen LogP contribution >= 0.6 is 0 Å². The van der Waals surface area contributed by atoms with Gasteiger partial charge >= 0.3 is 6.18 Å². The summed E-state index contributed by atoms with van der Waals surface area (Å²) in [4.78, 5) is 1.57. The molecule has 0 saturated carbocycles. The number of sulfone groups is 1. The summed E-state index contributed by atoms with van der Waals surface area (Å²) in [6.07, 6.45) is -3.60. The Morgan fingerprint density at radius 2 is 1.48 bits per heavy atom. The van der Waals surface area contributed by atoms with Crippen LogP contribution in [0.3, 0.4) is 0 Å². The molecule has 44 heavy (non-hydrogen) atoms. The van der Waals surface area contributed by atoms with Crippen LogP contribution in [0.1, 0.15) is 40.2 Å². The smallest absolute Gasteiger partial charge is 0.419 e. The van der Waals surface area contributed by atoms with Gasteiger partial charge in [0.1, 0.15) is 17.4 Å². The highest BCUT2D eigenvalue weighted by molar-refractivity contribution is 7.90. The lowest BCUT2D eigenvalue weighted by Gasteiger charge is -2.29. The van der Waals surface area contributed by atoms with Crippen molar-refractivity contribution in [2.45, 2.75) is 36.6 Å². The molecule has 4 aromatic rings. The molecule has 0 bridgehead atoms. The first-order valence-corrected chi connectivity index (χ1v) is 15.7. The van der Waals surface area contributed by atoms with E-state index in [1.54, 1.807) is 0 Å². The number of rotatable bonds is 13. The zero-order valence-electron chi connectivity index (χ0n) is 23.9. The van der Waals surface area contributed by atoms with Gasteiger partial charge in [-0.05, 0) is 41.3 Å². The second-order valence-corrected chi connectivity index (χ2v) is 12.4. The summed E-state index contributed by atoms with van der Waals surface area (Å²) >= 11 is 0. The number of nitrogens with zero attached hydrogens (tertiary/aromatic N) is 1. The summed E-state index contributed by atoms with van der Waals surface area (Å²) < 4.78 is 98.8. The third-order valence-electron chi connectivity index (χ3n) is 7.16. The molecular formula is C33H32F5NO4S. The van der Waals surface area contributed by atoms with Gasteiger partial charge in [0.2, 0.25) is 0 Å². The average molecular weight is 634 g/mol. The van der Waals surface area contributed by atoms with Crippen molar-refractivity contribution < 1.29 is 40.2 Å². The van der Waals surface area contributed by atoms with E-state index in [0.29, 0.717) is 19.5 Å². The SMILES string of the molecule is CS(=O)(=O)c1cc(OCCCN(Cc2ccc(F)c(C(F)(F)F)c2)CC(c2ccccc2)c2ccccc2)cc(F)c1CO. The van der Waals surface area contributed by atoms with Crippen LogP contribution in [0, 0.1) is 11.6 Å². The van der Waals surface area contributed by atoms with Gasteiger partial charge < -0.3 is 9.84 Å². The maximum absolute atomic E-state index is 14.5. The highest BCUT2D eigenvalue weighted by Crippen LogP contribution is 2.33. The predicted molar refractivity (Wildman–Crippen MR) is 157 cm³/mol. The zero-order valence-corrected chi connectivity index (χ0v) is 24.7. The number of ether oxygens (including phenoxy) is 1. The summed E-state index contributed by atoms with van der Waals surface area (Å²) in [6.45, 7) is 0.0660. The Labute approximate surface area is 253 Å². The first-order chi connectivity index (χ1) is 20.9. The minimum absolute atomic E-state index is 0.0357. The Bertz CT molecular complexity index is 1610. The van der Waals surface area contributed by atoms with Gasteiger partial charge in [-0.25, -0.2) is 17.2 Å². The maximum Gasteiger partial charge on any atom is 0.419 e. The number of hydrogen-bond donors (Lipinski definition) is 1. The van der Waals surface area contributed by atoms with Crippen molar-refractivity contribution in [2.24, 2.45) is 0 Å². The topological polar surface area (TPSA) is 66.8 Å². The Morgan fingerprint density at radius 3 is 2.02 bits per heavy atom. The number of aliphatic hydroxyl groups is 1. The highest BCUT2D eigenvalue weighted by Gasteiger charge is 2.34. The quantitative estimate of drug-likeness (QED) is 0.127. The second-order valence-electron chi connectivity index (χ2n) is 10.4. The molecule has 234 valence electrons. The van der Waals surface area contributed by atoms with Crippen LogP contribution < -0.4 is 4.74 Å². The first kappa shape index (κ1) is 33.1. The molecule has 4 rings (SSSR count). The first-order valence-electron chi connectivity index (χ1n) is 13.8. The molecule has 0 unspecified atom stereocenters. The fourth-order valence-corrected chi connectivity index (χ4v) is 5.99. The summed E-state index contributed by atoms with van der Waals surface area (Å²) in [7, 11) is -3.85. The van der Waals surface area contributed by atoms with E-state index in [1.807, 2.05) is 65.6 Å². The lowest BCUT2D eigenvalue weighted by atomic mass is 9.90. The molecule has 11 heteroatoms. The van der Waals surface area contributed by atoms with Crippen LogP contribution in [0.25, 0.3) is 0 Å². The molecule has 0 radical (unpaired) electrons. The summed E-state index contributed by atoms with van der Waals surface area (Å²) in [5, 5.41) is 9.43. The summed E-state index contributed by atoms with van der Waals surface area (Å²) in [5.41, 5.74) is 0.594. The standard InChI is InChI=1S/C33H32F5NO4S/c1-44(41,42)32-19-26(18-31(35)28(32)22-40)43-16-8-15-39(20-23-13-14-30(34)29(17-23)33(36,37)38)21-27(24-9-4-2-5-10-24)25-11-6-3-7-12-25/h2-7,9-14,17-19,27,40H,8,15-16,20-22H2,1H3. The van der Waals surface area contributed by atoms with Gasteiger partial charge in [-0.3, -0.25) is 4.90 Å². The molecule has 0 spiro atoms. The van der Waals surface area contributed by atoms with Gasteiger partial charge in [-0.15, -0.1) is 0 Å². The van der Waals surface area contributed by atoms with Gasteiger partial charge in [0.25, 0.3) is 0 Å². The molecule has 0 heterocycles. The highest BCUT2D eigenvalue weighted by atomic mass is 32.2. The summed E-state index contributed by atoms with van der Waals surface area (Å²) in [5.74, 6) is -2.44. The third-order valence-corrected chi connectivity index (χ3v) is 8.32.